The minimum Gasteiger partial charge on any atom is -0.462 e. The van der Waals surface area contributed by atoms with Gasteiger partial charge in [-0.25, -0.2) is 0 Å². The van der Waals surface area contributed by atoms with Crippen LogP contribution in [-0.4, -0.2) is 35.5 Å². The number of esters is 1. The summed E-state index contributed by atoms with van der Waals surface area (Å²) in [6.45, 7) is 4.63. The lowest BCUT2D eigenvalue weighted by Crippen LogP contribution is -2.28. The molecule has 1 atom stereocenters. The second kappa shape index (κ2) is 4.42. The van der Waals surface area contributed by atoms with Crippen molar-refractivity contribution in [1.29, 1.82) is 0 Å². The highest BCUT2D eigenvalue weighted by atomic mass is 16.5. The summed E-state index contributed by atoms with van der Waals surface area (Å²) in [5.41, 5.74) is -0.560. The van der Waals surface area contributed by atoms with E-state index in [1.807, 2.05) is 0 Å². The molecule has 0 aliphatic carbocycles. The molecule has 0 aliphatic heterocycles. The largest absolute Gasteiger partial charge is 0.462 e. The fourth-order valence-electron chi connectivity index (χ4n) is 0.441. The molecule has 0 unspecified atom stereocenters. The van der Waals surface area contributed by atoms with Crippen molar-refractivity contribution in [2.45, 2.75) is 26.9 Å². The van der Waals surface area contributed by atoms with Crippen LogP contribution >= 0.6 is 0 Å². The molecule has 4 heteroatoms. The predicted molar refractivity (Wildman–Crippen MR) is 43.5 cm³/mol. The molecule has 72 valence electrons. The molecule has 0 rings (SSSR count). The van der Waals surface area contributed by atoms with E-state index in [9.17, 15) is 4.79 Å². The molecule has 0 saturated heterocycles. The number of hydrogen-bond donors (Lipinski definition) is 2. The lowest BCUT2D eigenvalue weighted by molar-refractivity contribution is -0.156. The number of aliphatic hydroxyl groups excluding tert-OH is 2. The normalized spacial score (nSPS) is 14.1. The molecular formula is C8H16O4. The zero-order valence-corrected chi connectivity index (χ0v) is 7.70. The van der Waals surface area contributed by atoms with Crippen LogP contribution < -0.4 is 0 Å². The summed E-state index contributed by atoms with van der Waals surface area (Å²) in [6, 6.07) is 0. The van der Waals surface area contributed by atoms with Crippen LogP contribution in [0.25, 0.3) is 0 Å². The first-order valence-electron chi connectivity index (χ1n) is 3.84. The summed E-state index contributed by atoms with van der Waals surface area (Å²) in [6.07, 6.45) is -0.976. The van der Waals surface area contributed by atoms with Crippen molar-refractivity contribution >= 4 is 5.97 Å². The molecule has 0 aromatic heterocycles. The van der Waals surface area contributed by atoms with Crippen molar-refractivity contribution in [2.75, 3.05) is 13.2 Å². The van der Waals surface area contributed by atoms with Crippen LogP contribution in [0.3, 0.4) is 0 Å². The van der Waals surface area contributed by atoms with E-state index >= 15 is 0 Å². The summed E-state index contributed by atoms with van der Waals surface area (Å²) in [7, 11) is 0. The smallest absolute Gasteiger partial charge is 0.311 e. The molecule has 0 bridgehead atoms. The molecule has 0 aromatic rings. The van der Waals surface area contributed by atoms with Crippen molar-refractivity contribution in [2.24, 2.45) is 5.41 Å². The fraction of sp³-hybridized carbons (Fsp3) is 0.875. The van der Waals surface area contributed by atoms with Gasteiger partial charge in [-0.15, -0.1) is 0 Å². The van der Waals surface area contributed by atoms with Gasteiger partial charge in [-0.3, -0.25) is 4.79 Å². The first-order valence-corrected chi connectivity index (χ1v) is 3.84. The Morgan fingerprint density at radius 1 is 1.50 bits per heavy atom. The Morgan fingerprint density at radius 2 is 2.00 bits per heavy atom. The summed E-state index contributed by atoms with van der Waals surface area (Å²) in [4.78, 5) is 11.1. The Kier molecular flexibility index (Phi) is 4.20. The maximum atomic E-state index is 11.1. The van der Waals surface area contributed by atoms with Crippen LogP contribution in [0.2, 0.25) is 0 Å². The third-order valence-corrected chi connectivity index (χ3v) is 1.23. The zero-order chi connectivity index (χ0) is 9.78. The zero-order valence-electron chi connectivity index (χ0n) is 7.70. The van der Waals surface area contributed by atoms with Crippen molar-refractivity contribution in [3.05, 3.63) is 0 Å². The van der Waals surface area contributed by atoms with E-state index < -0.39 is 18.1 Å². The molecule has 2 N–H and O–H groups in total. The van der Waals surface area contributed by atoms with E-state index in [4.69, 9.17) is 14.9 Å². The van der Waals surface area contributed by atoms with Crippen LogP contribution in [-0.2, 0) is 9.53 Å². The van der Waals surface area contributed by atoms with Gasteiger partial charge in [-0.2, -0.15) is 0 Å². The van der Waals surface area contributed by atoms with E-state index in [0.717, 1.165) is 0 Å². The molecule has 0 aliphatic rings. The van der Waals surface area contributed by atoms with Gasteiger partial charge in [0.05, 0.1) is 12.0 Å². The molecule has 12 heavy (non-hydrogen) atoms. The molecule has 0 amide bonds. The first kappa shape index (κ1) is 11.4. The monoisotopic (exact) mass is 176 g/mol. The number of aliphatic hydroxyl groups is 2. The number of ether oxygens (including phenoxy) is 1. The Balaban J connectivity index is 3.73. The van der Waals surface area contributed by atoms with Crippen molar-refractivity contribution < 1.29 is 19.7 Å². The average Bonchev–Trinajstić information content (AvgIpc) is 1.97. The third-order valence-electron chi connectivity index (χ3n) is 1.23. The van der Waals surface area contributed by atoms with Crippen LogP contribution in [0.15, 0.2) is 0 Å². The van der Waals surface area contributed by atoms with Gasteiger partial charge in [0, 0.05) is 0 Å². The van der Waals surface area contributed by atoms with Gasteiger partial charge >= 0.3 is 5.97 Å². The van der Waals surface area contributed by atoms with Gasteiger partial charge in [0.25, 0.3) is 0 Å². The quantitative estimate of drug-likeness (QED) is 0.591. The minimum atomic E-state index is -0.976. The maximum Gasteiger partial charge on any atom is 0.311 e. The van der Waals surface area contributed by atoms with Gasteiger partial charge in [-0.05, 0) is 20.8 Å². The number of carbonyl (C=O) groups is 1. The van der Waals surface area contributed by atoms with Gasteiger partial charge in [-0.1, -0.05) is 0 Å². The molecule has 0 saturated carbocycles. The Bertz CT molecular complexity index is 148. The molecule has 4 nitrogen and oxygen atoms in total. The highest BCUT2D eigenvalue weighted by Gasteiger charge is 2.23. The summed E-state index contributed by atoms with van der Waals surface area (Å²) >= 11 is 0. The Morgan fingerprint density at radius 3 is 2.33 bits per heavy atom. The minimum absolute atomic E-state index is 0.146. The van der Waals surface area contributed by atoms with Gasteiger partial charge < -0.3 is 14.9 Å². The van der Waals surface area contributed by atoms with Crippen molar-refractivity contribution in [3.8, 4) is 0 Å². The summed E-state index contributed by atoms with van der Waals surface area (Å²) in [5.74, 6) is -0.380. The highest BCUT2D eigenvalue weighted by Crippen LogP contribution is 2.14. The van der Waals surface area contributed by atoms with Crippen LogP contribution in [0.1, 0.15) is 20.8 Å². The van der Waals surface area contributed by atoms with E-state index in [1.165, 1.54) is 0 Å². The standard InChI is InChI=1S/C8H16O4/c1-8(2,3)7(11)12-5-6(10)4-9/h6,9-10H,4-5H2,1-3H3/t6-/m0/s1. The van der Waals surface area contributed by atoms with Gasteiger partial charge in [0.15, 0.2) is 0 Å². The number of carbonyl (C=O) groups excluding carboxylic acids is 1. The summed E-state index contributed by atoms with van der Waals surface area (Å²) < 4.78 is 4.71. The Labute approximate surface area is 72.2 Å². The third kappa shape index (κ3) is 4.31. The van der Waals surface area contributed by atoms with Gasteiger partial charge in [0.2, 0.25) is 0 Å². The Hall–Kier alpha value is -0.610. The molecular weight excluding hydrogens is 160 g/mol. The first-order chi connectivity index (χ1) is 5.38. The topological polar surface area (TPSA) is 66.8 Å². The van der Waals surface area contributed by atoms with Crippen molar-refractivity contribution in [3.63, 3.8) is 0 Å². The van der Waals surface area contributed by atoms with E-state index in [0.29, 0.717) is 0 Å². The second-order valence-corrected chi connectivity index (χ2v) is 3.68. The van der Waals surface area contributed by atoms with Crippen molar-refractivity contribution in [1.82, 2.24) is 0 Å². The lowest BCUT2D eigenvalue weighted by atomic mass is 9.97. The van der Waals surface area contributed by atoms with Crippen LogP contribution in [0.5, 0.6) is 0 Å². The van der Waals surface area contributed by atoms with Gasteiger partial charge in [0.1, 0.15) is 12.7 Å². The second-order valence-electron chi connectivity index (χ2n) is 3.68. The average molecular weight is 176 g/mol. The molecule has 0 heterocycles. The number of rotatable bonds is 3. The lowest BCUT2D eigenvalue weighted by Gasteiger charge is -2.17. The molecule has 0 spiro atoms. The SMILES string of the molecule is CC(C)(C)C(=O)OC[C@@H](O)CO. The number of hydrogen-bond acceptors (Lipinski definition) is 4. The fourth-order valence-corrected chi connectivity index (χ4v) is 0.441. The van der Waals surface area contributed by atoms with Crippen LogP contribution in [0.4, 0.5) is 0 Å². The predicted octanol–water partition coefficient (Wildman–Crippen LogP) is -0.0711. The molecule has 0 fully saturated rings. The van der Waals surface area contributed by atoms with Crippen LogP contribution in [0, 0.1) is 5.41 Å². The summed E-state index contributed by atoms with van der Waals surface area (Å²) in [5, 5.41) is 17.3. The molecule has 0 aromatic carbocycles. The highest BCUT2D eigenvalue weighted by molar-refractivity contribution is 5.75. The van der Waals surface area contributed by atoms with E-state index in [2.05, 4.69) is 0 Å². The maximum absolute atomic E-state index is 11.1. The molecule has 0 radical (unpaired) electrons. The van der Waals surface area contributed by atoms with E-state index in [1.54, 1.807) is 20.8 Å². The van der Waals surface area contributed by atoms with E-state index in [-0.39, 0.29) is 12.6 Å².